The molecule has 1 heterocycles. The molecule has 1 aliphatic carbocycles. The number of hydrogen-bond donors (Lipinski definition) is 1. The van der Waals surface area contributed by atoms with Gasteiger partial charge in [0.15, 0.2) is 5.96 Å². The minimum Gasteiger partial charge on any atom is -0.378 e. The van der Waals surface area contributed by atoms with Crippen molar-refractivity contribution in [3.63, 3.8) is 0 Å². The molecule has 0 amide bonds. The molecule has 1 aliphatic rings. The number of rotatable bonds is 9. The van der Waals surface area contributed by atoms with Crippen LogP contribution in [-0.4, -0.2) is 50.3 Å². The van der Waals surface area contributed by atoms with Crippen LogP contribution < -0.4 is 5.32 Å². The van der Waals surface area contributed by atoms with Crippen molar-refractivity contribution >= 4 is 17.3 Å². The zero-order valence-corrected chi connectivity index (χ0v) is 15.4. The predicted molar refractivity (Wildman–Crippen MR) is 99.5 cm³/mol. The fourth-order valence-corrected chi connectivity index (χ4v) is 3.56. The number of hydrogen-bond acceptors (Lipinski definition) is 3. The molecule has 0 atom stereocenters. The molecule has 23 heavy (non-hydrogen) atoms. The SMILES string of the molecule is CCNC(=NCCCOC1CCCC1)N(C)CCc1cccs1. The molecule has 0 aliphatic heterocycles. The Hall–Kier alpha value is -1.07. The zero-order valence-electron chi connectivity index (χ0n) is 14.6. The lowest BCUT2D eigenvalue weighted by Crippen LogP contribution is -2.40. The van der Waals surface area contributed by atoms with E-state index in [1.54, 1.807) is 0 Å². The van der Waals surface area contributed by atoms with Gasteiger partial charge in [-0.25, -0.2) is 0 Å². The second-order valence-corrected chi connectivity index (χ2v) is 7.15. The highest BCUT2D eigenvalue weighted by Crippen LogP contribution is 2.20. The summed E-state index contributed by atoms with van der Waals surface area (Å²) in [7, 11) is 2.12. The van der Waals surface area contributed by atoms with Crippen molar-refractivity contribution < 1.29 is 4.74 Å². The molecule has 5 heteroatoms. The lowest BCUT2D eigenvalue weighted by molar-refractivity contribution is 0.0579. The van der Waals surface area contributed by atoms with E-state index in [-0.39, 0.29) is 0 Å². The van der Waals surface area contributed by atoms with E-state index < -0.39 is 0 Å². The van der Waals surface area contributed by atoms with Gasteiger partial charge in [0, 0.05) is 38.2 Å². The summed E-state index contributed by atoms with van der Waals surface area (Å²) in [5.41, 5.74) is 0. The van der Waals surface area contributed by atoms with Gasteiger partial charge in [0.2, 0.25) is 0 Å². The molecule has 0 unspecified atom stereocenters. The van der Waals surface area contributed by atoms with Gasteiger partial charge in [-0.05, 0) is 44.1 Å². The summed E-state index contributed by atoms with van der Waals surface area (Å²) in [5.74, 6) is 1.00. The highest BCUT2D eigenvalue weighted by Gasteiger charge is 2.14. The quantitative estimate of drug-likeness (QED) is 0.425. The largest absolute Gasteiger partial charge is 0.378 e. The van der Waals surface area contributed by atoms with Gasteiger partial charge >= 0.3 is 0 Å². The first-order valence-corrected chi connectivity index (χ1v) is 9.81. The maximum atomic E-state index is 5.90. The van der Waals surface area contributed by atoms with E-state index in [1.807, 2.05) is 11.3 Å². The van der Waals surface area contributed by atoms with Crippen molar-refractivity contribution in [2.45, 2.75) is 51.6 Å². The molecule has 1 fully saturated rings. The highest BCUT2D eigenvalue weighted by molar-refractivity contribution is 7.09. The van der Waals surface area contributed by atoms with E-state index in [0.29, 0.717) is 6.10 Å². The van der Waals surface area contributed by atoms with Gasteiger partial charge in [0.1, 0.15) is 0 Å². The van der Waals surface area contributed by atoms with Crippen molar-refractivity contribution in [2.24, 2.45) is 4.99 Å². The van der Waals surface area contributed by atoms with Gasteiger partial charge in [-0.15, -0.1) is 11.3 Å². The normalized spacial score (nSPS) is 16.0. The summed E-state index contributed by atoms with van der Waals surface area (Å²) in [4.78, 5) is 8.38. The van der Waals surface area contributed by atoms with Gasteiger partial charge in [-0.1, -0.05) is 18.9 Å². The molecule has 0 saturated heterocycles. The summed E-state index contributed by atoms with van der Waals surface area (Å²) in [5, 5.41) is 5.52. The number of likely N-dealkylation sites (N-methyl/N-ethyl adjacent to an activating group) is 1. The molecule has 130 valence electrons. The first-order chi connectivity index (χ1) is 11.3. The summed E-state index contributed by atoms with van der Waals surface area (Å²) >= 11 is 1.82. The van der Waals surface area contributed by atoms with Crippen LogP contribution in [0.5, 0.6) is 0 Å². The van der Waals surface area contributed by atoms with Gasteiger partial charge < -0.3 is 15.0 Å². The third-order valence-electron chi connectivity index (χ3n) is 4.19. The van der Waals surface area contributed by atoms with Crippen LogP contribution in [0.3, 0.4) is 0 Å². The standard InChI is InChI=1S/C18H31N3OS/c1-3-19-18(21(2)13-11-17-10-6-15-23-17)20-12-7-14-22-16-8-4-5-9-16/h6,10,15-16H,3-5,7-9,11-14H2,1-2H3,(H,19,20). The molecule has 0 spiro atoms. The van der Waals surface area contributed by atoms with Crippen molar-refractivity contribution in [3.05, 3.63) is 22.4 Å². The smallest absolute Gasteiger partial charge is 0.193 e. The number of ether oxygens (including phenoxy) is 1. The molecular weight excluding hydrogens is 306 g/mol. The average molecular weight is 338 g/mol. The van der Waals surface area contributed by atoms with Crippen LogP contribution in [0.15, 0.2) is 22.5 Å². The Labute approximate surface area is 144 Å². The molecule has 1 N–H and O–H groups in total. The van der Waals surface area contributed by atoms with Gasteiger partial charge in [-0.2, -0.15) is 0 Å². The molecular formula is C18H31N3OS. The van der Waals surface area contributed by atoms with Crippen molar-refractivity contribution in [1.29, 1.82) is 0 Å². The summed E-state index contributed by atoms with van der Waals surface area (Å²) in [6.07, 6.45) is 7.76. The van der Waals surface area contributed by atoms with E-state index in [4.69, 9.17) is 9.73 Å². The molecule has 0 bridgehead atoms. The Morgan fingerprint density at radius 3 is 2.96 bits per heavy atom. The molecule has 1 aromatic heterocycles. The topological polar surface area (TPSA) is 36.9 Å². The van der Waals surface area contributed by atoms with E-state index in [1.165, 1.54) is 30.6 Å². The molecule has 0 radical (unpaired) electrons. The van der Waals surface area contributed by atoms with E-state index in [0.717, 1.165) is 45.0 Å². The van der Waals surface area contributed by atoms with Gasteiger partial charge in [0.25, 0.3) is 0 Å². The van der Waals surface area contributed by atoms with E-state index in [2.05, 4.69) is 41.7 Å². The van der Waals surface area contributed by atoms with Crippen molar-refractivity contribution in [2.75, 3.05) is 33.3 Å². The Bertz CT molecular complexity index is 441. The predicted octanol–water partition coefficient (Wildman–Crippen LogP) is 3.54. The summed E-state index contributed by atoms with van der Waals surface area (Å²) in [6, 6.07) is 4.31. The van der Waals surface area contributed by atoms with E-state index in [9.17, 15) is 0 Å². The summed E-state index contributed by atoms with van der Waals surface area (Å²) < 4.78 is 5.90. The van der Waals surface area contributed by atoms with Crippen molar-refractivity contribution in [1.82, 2.24) is 10.2 Å². The van der Waals surface area contributed by atoms with Crippen LogP contribution in [0.4, 0.5) is 0 Å². The molecule has 2 rings (SSSR count). The minimum absolute atomic E-state index is 0.515. The molecule has 1 saturated carbocycles. The fourth-order valence-electron chi connectivity index (χ4n) is 2.86. The van der Waals surface area contributed by atoms with Crippen LogP contribution in [0, 0.1) is 0 Å². The van der Waals surface area contributed by atoms with Crippen LogP contribution in [0.25, 0.3) is 0 Å². The fraction of sp³-hybridized carbons (Fsp3) is 0.722. The Kier molecular flexibility index (Phi) is 8.47. The van der Waals surface area contributed by atoms with E-state index >= 15 is 0 Å². The molecule has 1 aromatic rings. The van der Waals surface area contributed by atoms with Crippen LogP contribution in [-0.2, 0) is 11.2 Å². The molecule has 4 nitrogen and oxygen atoms in total. The monoisotopic (exact) mass is 337 g/mol. The Morgan fingerprint density at radius 1 is 1.43 bits per heavy atom. The summed E-state index contributed by atoms with van der Waals surface area (Å²) in [6.45, 7) is 5.68. The van der Waals surface area contributed by atoms with Crippen LogP contribution in [0.1, 0.15) is 43.9 Å². The third-order valence-corrected chi connectivity index (χ3v) is 5.13. The number of aliphatic imine (C=N–C) groups is 1. The Morgan fingerprint density at radius 2 is 2.26 bits per heavy atom. The lowest BCUT2D eigenvalue weighted by Gasteiger charge is -2.21. The number of guanidine groups is 1. The number of nitrogens with one attached hydrogen (secondary N) is 1. The maximum Gasteiger partial charge on any atom is 0.193 e. The third kappa shape index (κ3) is 6.92. The first kappa shape index (κ1) is 18.3. The number of nitrogens with zero attached hydrogens (tertiary/aromatic N) is 2. The van der Waals surface area contributed by atoms with Crippen LogP contribution >= 0.6 is 11.3 Å². The zero-order chi connectivity index (χ0) is 16.3. The minimum atomic E-state index is 0.515. The second-order valence-electron chi connectivity index (χ2n) is 6.12. The Balaban J connectivity index is 1.67. The van der Waals surface area contributed by atoms with Crippen LogP contribution in [0.2, 0.25) is 0 Å². The van der Waals surface area contributed by atoms with Gasteiger partial charge in [-0.3, -0.25) is 4.99 Å². The highest BCUT2D eigenvalue weighted by atomic mass is 32.1. The maximum absolute atomic E-state index is 5.90. The number of thiophene rings is 1. The first-order valence-electron chi connectivity index (χ1n) is 8.93. The lowest BCUT2D eigenvalue weighted by atomic mass is 10.3. The average Bonchev–Trinajstić information content (AvgIpc) is 3.24. The van der Waals surface area contributed by atoms with Gasteiger partial charge in [0.05, 0.1) is 6.10 Å². The van der Waals surface area contributed by atoms with Crippen molar-refractivity contribution in [3.8, 4) is 0 Å². The molecule has 0 aromatic carbocycles. The second kappa shape index (κ2) is 10.7.